The minimum atomic E-state index is -1.29. The summed E-state index contributed by atoms with van der Waals surface area (Å²) in [7, 11) is 1.55. The van der Waals surface area contributed by atoms with Crippen molar-refractivity contribution in [3.05, 3.63) is 75.6 Å². The molecule has 0 saturated carbocycles. The molecule has 0 fully saturated rings. The van der Waals surface area contributed by atoms with Gasteiger partial charge in [0, 0.05) is 17.4 Å². The number of aromatic nitrogens is 1. The van der Waals surface area contributed by atoms with Gasteiger partial charge in [-0.3, -0.25) is 4.79 Å². The van der Waals surface area contributed by atoms with Crippen LogP contribution in [0.15, 0.2) is 57.7 Å². The lowest BCUT2D eigenvalue weighted by molar-refractivity contribution is 0.0694. The number of carbonyl (C=O) groups is 1. The fraction of sp³-hybridized carbons (Fsp3) is 0.100. The summed E-state index contributed by atoms with van der Waals surface area (Å²) >= 11 is 0. The van der Waals surface area contributed by atoms with E-state index in [1.807, 2.05) is 36.4 Å². The molecule has 2 aromatic heterocycles. The summed E-state index contributed by atoms with van der Waals surface area (Å²) in [6.07, 6.45) is 0.200. The number of furan rings is 1. The molecule has 0 spiro atoms. The highest BCUT2D eigenvalue weighted by atomic mass is 16.5. The highest BCUT2D eigenvalue weighted by Crippen LogP contribution is 2.32. The third kappa shape index (κ3) is 2.43. The zero-order chi connectivity index (χ0) is 18.3. The van der Waals surface area contributed by atoms with Gasteiger partial charge in [-0.2, -0.15) is 0 Å². The fourth-order valence-electron chi connectivity index (χ4n) is 3.24. The van der Waals surface area contributed by atoms with E-state index in [0.29, 0.717) is 28.0 Å². The number of ether oxygens (including phenoxy) is 1. The van der Waals surface area contributed by atoms with E-state index in [-0.39, 0.29) is 12.0 Å². The number of fused-ring (bicyclic) bond motifs is 3. The molecule has 0 unspecified atom stereocenters. The lowest BCUT2D eigenvalue weighted by atomic mass is 9.99. The average molecular weight is 349 g/mol. The number of H-pyrrole nitrogens is 1. The zero-order valence-electron chi connectivity index (χ0n) is 13.9. The van der Waals surface area contributed by atoms with E-state index in [0.717, 1.165) is 10.9 Å². The molecule has 2 N–H and O–H groups in total. The van der Waals surface area contributed by atoms with Gasteiger partial charge in [-0.15, -0.1) is 0 Å². The summed E-state index contributed by atoms with van der Waals surface area (Å²) in [6, 6.07) is 14.5. The Morgan fingerprint density at radius 2 is 1.88 bits per heavy atom. The van der Waals surface area contributed by atoms with Gasteiger partial charge >= 0.3 is 5.97 Å². The molecule has 130 valence electrons. The van der Waals surface area contributed by atoms with Crippen molar-refractivity contribution in [2.75, 3.05) is 7.11 Å². The van der Waals surface area contributed by atoms with E-state index in [9.17, 15) is 14.7 Å². The van der Waals surface area contributed by atoms with Gasteiger partial charge in [0.1, 0.15) is 16.9 Å². The second-order valence-electron chi connectivity index (χ2n) is 5.90. The molecule has 2 aromatic carbocycles. The Balaban J connectivity index is 2.06. The van der Waals surface area contributed by atoms with Crippen LogP contribution < -0.4 is 10.3 Å². The van der Waals surface area contributed by atoms with Crippen LogP contribution in [-0.4, -0.2) is 23.2 Å². The maximum Gasteiger partial charge on any atom is 0.341 e. The standard InChI is InChI=1S/C20H15NO5/c1-25-14-8-4-2-6-11(14)10-13-16(20(23)24)19(22)21-17-12-7-3-5-9-15(12)26-18(13)17/h2-9H,10H2,1H3,(H,21,22)(H,23,24). The number of carboxylic acids is 1. The maximum atomic E-state index is 12.5. The summed E-state index contributed by atoms with van der Waals surface area (Å²) in [5.74, 6) is -0.674. The van der Waals surface area contributed by atoms with Crippen molar-refractivity contribution in [2.45, 2.75) is 6.42 Å². The first-order valence-electron chi connectivity index (χ1n) is 8.01. The number of aromatic carboxylic acids is 1. The normalized spacial score (nSPS) is 11.1. The van der Waals surface area contributed by atoms with Crippen molar-refractivity contribution < 1.29 is 19.1 Å². The second kappa shape index (κ2) is 6.07. The van der Waals surface area contributed by atoms with Crippen molar-refractivity contribution in [3.8, 4) is 5.75 Å². The molecule has 0 bridgehead atoms. The number of hydrogen-bond donors (Lipinski definition) is 2. The predicted molar refractivity (Wildman–Crippen MR) is 97.1 cm³/mol. The summed E-state index contributed by atoms with van der Waals surface area (Å²) in [5.41, 5.74) is 1.59. The number of nitrogens with one attached hydrogen (secondary N) is 1. The van der Waals surface area contributed by atoms with E-state index in [4.69, 9.17) is 9.15 Å². The Morgan fingerprint density at radius 3 is 2.65 bits per heavy atom. The SMILES string of the molecule is COc1ccccc1Cc1c(C(=O)O)c(=O)[nH]c2c1oc1ccccc12. The second-order valence-corrected chi connectivity index (χ2v) is 5.90. The molecule has 0 atom stereocenters. The molecule has 6 heteroatoms. The van der Waals surface area contributed by atoms with E-state index in [2.05, 4.69) is 4.98 Å². The van der Waals surface area contributed by atoms with E-state index in [1.165, 1.54) is 0 Å². The number of rotatable bonds is 4. The maximum absolute atomic E-state index is 12.5. The summed E-state index contributed by atoms with van der Waals surface area (Å²) < 4.78 is 11.3. The summed E-state index contributed by atoms with van der Waals surface area (Å²) in [6.45, 7) is 0. The Morgan fingerprint density at radius 1 is 1.15 bits per heavy atom. The van der Waals surface area contributed by atoms with Crippen LogP contribution in [0.25, 0.3) is 22.1 Å². The lowest BCUT2D eigenvalue weighted by Crippen LogP contribution is -2.20. The van der Waals surface area contributed by atoms with E-state index >= 15 is 0 Å². The van der Waals surface area contributed by atoms with Crippen LogP contribution in [0.1, 0.15) is 21.5 Å². The largest absolute Gasteiger partial charge is 0.496 e. The van der Waals surface area contributed by atoms with Crippen LogP contribution in [0.2, 0.25) is 0 Å². The van der Waals surface area contributed by atoms with Gasteiger partial charge < -0.3 is 19.2 Å². The molecule has 0 aliphatic heterocycles. The quantitative estimate of drug-likeness (QED) is 0.587. The van der Waals surface area contributed by atoms with E-state index in [1.54, 1.807) is 19.2 Å². The third-order valence-corrected chi connectivity index (χ3v) is 4.41. The van der Waals surface area contributed by atoms with Crippen molar-refractivity contribution in [2.24, 2.45) is 0 Å². The van der Waals surface area contributed by atoms with Crippen molar-refractivity contribution in [1.29, 1.82) is 0 Å². The first-order chi connectivity index (χ1) is 12.6. The average Bonchev–Trinajstić information content (AvgIpc) is 3.00. The molecule has 0 amide bonds. The van der Waals surface area contributed by atoms with Gasteiger partial charge in [0.05, 0.1) is 12.6 Å². The molecule has 0 saturated heterocycles. The van der Waals surface area contributed by atoms with E-state index < -0.39 is 11.5 Å². The smallest absolute Gasteiger partial charge is 0.341 e. The van der Waals surface area contributed by atoms with Gasteiger partial charge in [-0.05, 0) is 23.8 Å². The summed E-state index contributed by atoms with van der Waals surface area (Å²) in [4.78, 5) is 26.9. The molecule has 2 heterocycles. The van der Waals surface area contributed by atoms with Gasteiger partial charge in [-0.1, -0.05) is 30.3 Å². The first-order valence-corrected chi connectivity index (χ1v) is 8.01. The highest BCUT2D eigenvalue weighted by molar-refractivity contribution is 6.05. The monoisotopic (exact) mass is 349 g/mol. The van der Waals surface area contributed by atoms with Crippen LogP contribution in [-0.2, 0) is 6.42 Å². The predicted octanol–water partition coefficient (Wildman–Crippen LogP) is 3.57. The number of hydrogen-bond acceptors (Lipinski definition) is 4. The number of pyridine rings is 1. The molecular weight excluding hydrogens is 334 g/mol. The Hall–Kier alpha value is -3.54. The van der Waals surface area contributed by atoms with Crippen LogP contribution >= 0.6 is 0 Å². The molecule has 4 rings (SSSR count). The van der Waals surface area contributed by atoms with Gasteiger partial charge in [0.2, 0.25) is 0 Å². The minimum Gasteiger partial charge on any atom is -0.496 e. The molecule has 0 radical (unpaired) electrons. The molecule has 26 heavy (non-hydrogen) atoms. The zero-order valence-corrected chi connectivity index (χ0v) is 13.9. The van der Waals surface area contributed by atoms with Crippen LogP contribution in [0.3, 0.4) is 0 Å². The number of carboxylic acid groups (broad SMARTS) is 1. The first kappa shape index (κ1) is 16.0. The molecule has 0 aliphatic rings. The number of para-hydroxylation sites is 2. The van der Waals surface area contributed by atoms with Crippen LogP contribution in [0, 0.1) is 0 Å². The Labute approximate surface area is 147 Å². The molecule has 6 nitrogen and oxygen atoms in total. The Bertz CT molecular complexity index is 1200. The molecular formula is C20H15NO5. The van der Waals surface area contributed by atoms with Crippen molar-refractivity contribution in [3.63, 3.8) is 0 Å². The van der Waals surface area contributed by atoms with Gasteiger partial charge in [0.25, 0.3) is 5.56 Å². The third-order valence-electron chi connectivity index (χ3n) is 4.41. The van der Waals surface area contributed by atoms with Gasteiger partial charge in [-0.25, -0.2) is 4.79 Å². The molecule has 0 aliphatic carbocycles. The van der Waals surface area contributed by atoms with Crippen molar-refractivity contribution in [1.82, 2.24) is 4.98 Å². The van der Waals surface area contributed by atoms with Crippen molar-refractivity contribution >= 4 is 28.0 Å². The van der Waals surface area contributed by atoms with Crippen LogP contribution in [0.5, 0.6) is 5.75 Å². The number of methoxy groups -OCH3 is 1. The van der Waals surface area contributed by atoms with Crippen LogP contribution in [0.4, 0.5) is 0 Å². The fourth-order valence-corrected chi connectivity index (χ4v) is 3.24. The topological polar surface area (TPSA) is 92.5 Å². The number of benzene rings is 2. The van der Waals surface area contributed by atoms with Gasteiger partial charge in [0.15, 0.2) is 5.58 Å². The highest BCUT2D eigenvalue weighted by Gasteiger charge is 2.23. The molecule has 4 aromatic rings. The minimum absolute atomic E-state index is 0.200. The lowest BCUT2D eigenvalue weighted by Gasteiger charge is -2.10. The number of aromatic amines is 1. The summed E-state index contributed by atoms with van der Waals surface area (Å²) in [5, 5.41) is 10.3. The Kier molecular flexibility index (Phi) is 3.73.